The Morgan fingerprint density at radius 1 is 1.25 bits per heavy atom. The van der Waals surface area contributed by atoms with Crippen LogP contribution in [0.5, 0.6) is 0 Å². The van der Waals surface area contributed by atoms with Crippen molar-refractivity contribution in [3.63, 3.8) is 0 Å². The van der Waals surface area contributed by atoms with Crippen LogP contribution >= 0.6 is 23.2 Å². The molecule has 1 aliphatic rings. The van der Waals surface area contributed by atoms with E-state index in [4.69, 9.17) is 23.2 Å². The summed E-state index contributed by atoms with van der Waals surface area (Å²) in [6.45, 7) is 2.52. The zero-order valence-electron chi connectivity index (χ0n) is 11.6. The molecule has 2 atom stereocenters. The van der Waals surface area contributed by atoms with Crippen molar-refractivity contribution in [2.24, 2.45) is 5.92 Å². The van der Waals surface area contributed by atoms with Gasteiger partial charge in [-0.25, -0.2) is 0 Å². The molecule has 0 spiro atoms. The second kappa shape index (κ2) is 7.30. The summed E-state index contributed by atoms with van der Waals surface area (Å²) in [5.41, 5.74) is 0.485. The summed E-state index contributed by atoms with van der Waals surface area (Å²) in [4.78, 5) is 12.0. The van der Waals surface area contributed by atoms with E-state index in [0.29, 0.717) is 27.7 Å². The summed E-state index contributed by atoms with van der Waals surface area (Å²) in [5.74, 6) is 0.512. The van der Waals surface area contributed by atoms with E-state index in [1.165, 1.54) is 19.3 Å². The first-order valence-corrected chi connectivity index (χ1v) is 7.80. The van der Waals surface area contributed by atoms with Gasteiger partial charge >= 0.3 is 0 Å². The molecule has 0 bridgehead atoms. The molecule has 2 N–H and O–H groups in total. The molecule has 5 heteroatoms. The Hall–Kier alpha value is -0.770. The maximum Gasteiger partial charge on any atom is 0.238 e. The number of nitrogens with one attached hydrogen (secondary N) is 2. The van der Waals surface area contributed by atoms with Gasteiger partial charge in [0, 0.05) is 6.04 Å². The topological polar surface area (TPSA) is 41.1 Å². The van der Waals surface area contributed by atoms with Gasteiger partial charge in [-0.2, -0.15) is 0 Å². The SMILES string of the molecule is CC1CCCCC1NCC(=O)Nc1c(Cl)cccc1Cl. The smallest absolute Gasteiger partial charge is 0.238 e. The van der Waals surface area contributed by atoms with Gasteiger partial charge in [0.25, 0.3) is 0 Å². The fraction of sp³-hybridized carbons (Fsp3) is 0.533. The van der Waals surface area contributed by atoms with Crippen molar-refractivity contribution in [3.05, 3.63) is 28.2 Å². The normalized spacial score (nSPS) is 22.6. The number of benzene rings is 1. The largest absolute Gasteiger partial charge is 0.322 e. The average Bonchev–Trinajstić information content (AvgIpc) is 2.42. The van der Waals surface area contributed by atoms with Crippen LogP contribution in [0.15, 0.2) is 18.2 Å². The van der Waals surface area contributed by atoms with Crippen LogP contribution in [0.25, 0.3) is 0 Å². The number of hydrogen-bond donors (Lipinski definition) is 2. The Morgan fingerprint density at radius 3 is 2.55 bits per heavy atom. The lowest BCUT2D eigenvalue weighted by Gasteiger charge is -2.29. The Labute approximate surface area is 130 Å². The van der Waals surface area contributed by atoms with Crippen LogP contribution in [0.2, 0.25) is 10.0 Å². The van der Waals surface area contributed by atoms with E-state index >= 15 is 0 Å². The molecule has 1 aromatic rings. The molecule has 1 aromatic carbocycles. The predicted octanol–water partition coefficient (Wildman–Crippen LogP) is 4.10. The molecule has 1 amide bonds. The van der Waals surface area contributed by atoms with Crippen LogP contribution in [0.1, 0.15) is 32.6 Å². The lowest BCUT2D eigenvalue weighted by Crippen LogP contribution is -2.41. The van der Waals surface area contributed by atoms with Gasteiger partial charge in [-0.15, -0.1) is 0 Å². The average molecular weight is 315 g/mol. The van der Waals surface area contributed by atoms with Gasteiger partial charge in [0.15, 0.2) is 0 Å². The van der Waals surface area contributed by atoms with Crippen molar-refractivity contribution in [2.45, 2.75) is 38.6 Å². The third kappa shape index (κ3) is 4.11. The number of rotatable bonds is 4. The number of para-hydroxylation sites is 1. The van der Waals surface area contributed by atoms with Crippen LogP contribution in [0.4, 0.5) is 5.69 Å². The van der Waals surface area contributed by atoms with E-state index in [-0.39, 0.29) is 12.5 Å². The summed E-state index contributed by atoms with van der Waals surface area (Å²) in [5, 5.41) is 7.01. The summed E-state index contributed by atoms with van der Waals surface area (Å²) < 4.78 is 0. The Balaban J connectivity index is 1.86. The molecule has 1 aliphatic carbocycles. The van der Waals surface area contributed by atoms with Crippen molar-refractivity contribution >= 4 is 34.8 Å². The Bertz CT molecular complexity index is 459. The maximum atomic E-state index is 12.0. The predicted molar refractivity (Wildman–Crippen MR) is 84.5 cm³/mol. The van der Waals surface area contributed by atoms with Crippen molar-refractivity contribution < 1.29 is 4.79 Å². The molecule has 1 fully saturated rings. The van der Waals surface area contributed by atoms with E-state index in [2.05, 4.69) is 17.6 Å². The van der Waals surface area contributed by atoms with Crippen molar-refractivity contribution in [2.75, 3.05) is 11.9 Å². The number of carbonyl (C=O) groups excluding carboxylic acids is 1. The molecule has 3 nitrogen and oxygen atoms in total. The highest BCUT2D eigenvalue weighted by atomic mass is 35.5. The van der Waals surface area contributed by atoms with Gasteiger partial charge < -0.3 is 10.6 Å². The fourth-order valence-corrected chi connectivity index (χ4v) is 3.14. The highest BCUT2D eigenvalue weighted by Crippen LogP contribution is 2.29. The number of anilines is 1. The third-order valence-corrected chi connectivity index (χ3v) is 4.49. The first kappa shape index (κ1) is 15.6. The van der Waals surface area contributed by atoms with Crippen molar-refractivity contribution in [3.8, 4) is 0 Å². The fourth-order valence-electron chi connectivity index (χ4n) is 2.64. The lowest BCUT2D eigenvalue weighted by atomic mass is 9.86. The summed E-state index contributed by atoms with van der Waals surface area (Å²) in [6, 6.07) is 5.60. The molecule has 0 radical (unpaired) electrons. The third-order valence-electron chi connectivity index (χ3n) is 3.86. The molecule has 2 rings (SSSR count). The number of hydrogen-bond acceptors (Lipinski definition) is 2. The molecule has 110 valence electrons. The van der Waals surface area contributed by atoms with E-state index in [1.807, 2.05) is 0 Å². The first-order valence-electron chi connectivity index (χ1n) is 7.05. The molecule has 20 heavy (non-hydrogen) atoms. The van der Waals surface area contributed by atoms with Gasteiger partial charge in [0.05, 0.1) is 22.3 Å². The molecule has 0 heterocycles. The van der Waals surface area contributed by atoms with E-state index in [0.717, 1.165) is 6.42 Å². The van der Waals surface area contributed by atoms with Crippen LogP contribution in [-0.2, 0) is 4.79 Å². The summed E-state index contributed by atoms with van der Waals surface area (Å²) in [7, 11) is 0. The van der Waals surface area contributed by atoms with E-state index < -0.39 is 0 Å². The molecular weight excluding hydrogens is 295 g/mol. The number of halogens is 2. The van der Waals surface area contributed by atoms with Crippen LogP contribution in [0.3, 0.4) is 0 Å². The highest BCUT2D eigenvalue weighted by Gasteiger charge is 2.21. The first-order chi connectivity index (χ1) is 9.58. The monoisotopic (exact) mass is 314 g/mol. The number of carbonyl (C=O) groups is 1. The number of amides is 1. The van der Waals surface area contributed by atoms with Crippen LogP contribution < -0.4 is 10.6 Å². The molecular formula is C15H20Cl2N2O. The maximum absolute atomic E-state index is 12.0. The van der Waals surface area contributed by atoms with Crippen molar-refractivity contribution in [1.82, 2.24) is 5.32 Å². The van der Waals surface area contributed by atoms with Crippen LogP contribution in [0, 0.1) is 5.92 Å². The standard InChI is InChI=1S/C15H20Cl2N2O/c1-10-5-2-3-8-13(10)18-9-14(20)19-15-11(16)6-4-7-12(15)17/h4,6-7,10,13,18H,2-3,5,8-9H2,1H3,(H,19,20). The zero-order chi connectivity index (χ0) is 14.5. The summed E-state index contributed by atoms with van der Waals surface area (Å²) in [6.07, 6.45) is 4.90. The lowest BCUT2D eigenvalue weighted by molar-refractivity contribution is -0.115. The van der Waals surface area contributed by atoms with Crippen LogP contribution in [-0.4, -0.2) is 18.5 Å². The van der Waals surface area contributed by atoms with E-state index in [1.54, 1.807) is 18.2 Å². The summed E-state index contributed by atoms with van der Waals surface area (Å²) >= 11 is 12.1. The van der Waals surface area contributed by atoms with Gasteiger partial charge in [-0.1, -0.05) is 49.0 Å². The molecule has 1 saturated carbocycles. The molecule has 0 saturated heterocycles. The Kier molecular flexibility index (Phi) is 5.70. The molecule has 0 aliphatic heterocycles. The Morgan fingerprint density at radius 2 is 1.90 bits per heavy atom. The quantitative estimate of drug-likeness (QED) is 0.878. The minimum absolute atomic E-state index is 0.113. The molecule has 2 unspecified atom stereocenters. The van der Waals surface area contributed by atoms with Gasteiger partial charge in [-0.3, -0.25) is 4.79 Å². The second-order valence-electron chi connectivity index (χ2n) is 5.39. The minimum Gasteiger partial charge on any atom is -0.322 e. The van der Waals surface area contributed by atoms with Gasteiger partial charge in [0.1, 0.15) is 0 Å². The van der Waals surface area contributed by atoms with E-state index in [9.17, 15) is 4.79 Å². The minimum atomic E-state index is -0.113. The van der Waals surface area contributed by atoms with Gasteiger partial charge in [-0.05, 0) is 30.9 Å². The highest BCUT2D eigenvalue weighted by molar-refractivity contribution is 6.39. The van der Waals surface area contributed by atoms with Crippen molar-refractivity contribution in [1.29, 1.82) is 0 Å². The zero-order valence-corrected chi connectivity index (χ0v) is 13.1. The van der Waals surface area contributed by atoms with Gasteiger partial charge in [0.2, 0.25) is 5.91 Å². The second-order valence-corrected chi connectivity index (χ2v) is 6.21. The molecule has 0 aromatic heterocycles.